The van der Waals surface area contributed by atoms with Crippen LogP contribution in [0.15, 0.2) is 276 Å². The van der Waals surface area contributed by atoms with Crippen LogP contribution in [0.4, 0.5) is 34.1 Å². The molecule has 0 bridgehead atoms. The molecule has 0 fully saturated rings. The van der Waals surface area contributed by atoms with E-state index in [2.05, 4.69) is 344 Å². The van der Waals surface area contributed by atoms with Gasteiger partial charge in [-0.25, -0.2) is 0 Å². The Morgan fingerprint density at radius 3 is 1.17 bits per heavy atom. The standard InChI is InChI=1S/C85H71N3O2/c1-82(2,3)54-38-40-55(41-39-54)85(56-42-46-63(47-43-56)88-70-48-44-57(83(4,5)6)50-66(70)67-51-58(84(7,8)9)45-49-71(67)88)68-53-73(87(61-30-18-12-19-31-61)62-32-20-13-21-33-62)80-77(65-35-23-25-37-75(65)89-80)78(68)79-69(85)52-72(76-64-34-22-24-36-74(64)90-81(76)79)86(59-26-14-10-15-27-59)60-28-16-11-17-29-60/h10-53H,1-9H3. The zero-order chi connectivity index (χ0) is 61.4. The lowest BCUT2D eigenvalue weighted by molar-refractivity contribution is 0.589. The molecule has 5 nitrogen and oxygen atoms in total. The Labute approximate surface area is 526 Å². The van der Waals surface area contributed by atoms with Crippen LogP contribution in [-0.2, 0) is 21.7 Å². The molecule has 15 aromatic rings. The summed E-state index contributed by atoms with van der Waals surface area (Å²) in [6.07, 6.45) is 0. The van der Waals surface area contributed by atoms with E-state index in [0.29, 0.717) is 0 Å². The minimum atomic E-state index is -0.995. The number of furan rings is 2. The minimum absolute atomic E-state index is 0.0282. The fourth-order valence-electron chi connectivity index (χ4n) is 14.6. The lowest BCUT2D eigenvalue weighted by Crippen LogP contribution is -2.29. The quantitative estimate of drug-likeness (QED) is 0.144. The Morgan fingerprint density at radius 2 is 0.700 bits per heavy atom. The molecule has 438 valence electrons. The molecule has 5 heteroatoms. The molecule has 0 spiro atoms. The number of nitrogens with zero attached hydrogens (tertiary/aromatic N) is 3. The van der Waals surface area contributed by atoms with Crippen molar-refractivity contribution in [2.75, 3.05) is 9.80 Å². The van der Waals surface area contributed by atoms with Crippen LogP contribution in [0.2, 0.25) is 0 Å². The van der Waals surface area contributed by atoms with E-state index >= 15 is 0 Å². The number of benzene rings is 12. The third-order valence-corrected chi connectivity index (χ3v) is 19.1. The molecule has 3 heterocycles. The average molecular weight is 1170 g/mol. The van der Waals surface area contributed by atoms with E-state index in [1.54, 1.807) is 0 Å². The van der Waals surface area contributed by atoms with Gasteiger partial charge in [-0.1, -0.05) is 220 Å². The topological polar surface area (TPSA) is 37.7 Å². The Morgan fingerprint density at radius 1 is 0.322 bits per heavy atom. The van der Waals surface area contributed by atoms with Gasteiger partial charge in [-0.3, -0.25) is 0 Å². The average Bonchev–Trinajstić information content (AvgIpc) is 1.50. The molecule has 3 aromatic heterocycles. The molecule has 0 radical (unpaired) electrons. The van der Waals surface area contributed by atoms with Gasteiger partial charge in [-0.2, -0.15) is 0 Å². The summed E-state index contributed by atoms with van der Waals surface area (Å²) in [5.41, 5.74) is 22.1. The Kier molecular flexibility index (Phi) is 12.4. The Bertz CT molecular complexity index is 5120. The van der Waals surface area contributed by atoms with Gasteiger partial charge < -0.3 is 23.2 Å². The van der Waals surface area contributed by atoms with Gasteiger partial charge >= 0.3 is 0 Å². The molecule has 0 aliphatic heterocycles. The maximum atomic E-state index is 7.63. The van der Waals surface area contributed by atoms with Gasteiger partial charge in [0.05, 0.1) is 33.2 Å². The van der Waals surface area contributed by atoms with E-state index < -0.39 is 5.41 Å². The highest BCUT2D eigenvalue weighted by atomic mass is 16.3. The fourth-order valence-corrected chi connectivity index (χ4v) is 14.6. The van der Waals surface area contributed by atoms with Crippen molar-refractivity contribution in [2.45, 2.75) is 84.0 Å². The number of aromatic nitrogens is 1. The summed E-state index contributed by atoms with van der Waals surface area (Å²) in [6, 6.07) is 98.7. The van der Waals surface area contributed by atoms with Crippen LogP contribution in [-0.4, -0.2) is 4.57 Å². The highest BCUT2D eigenvalue weighted by Crippen LogP contribution is 2.65. The smallest absolute Gasteiger partial charge is 0.160 e. The van der Waals surface area contributed by atoms with E-state index in [4.69, 9.17) is 8.83 Å². The van der Waals surface area contributed by atoms with E-state index in [-0.39, 0.29) is 16.2 Å². The second-order valence-electron chi connectivity index (χ2n) is 27.7. The number of anilines is 6. The van der Waals surface area contributed by atoms with Crippen molar-refractivity contribution in [3.63, 3.8) is 0 Å². The van der Waals surface area contributed by atoms with E-state index in [1.165, 1.54) is 38.5 Å². The lowest BCUT2D eigenvalue weighted by Gasteiger charge is -2.36. The van der Waals surface area contributed by atoms with E-state index in [0.717, 1.165) is 117 Å². The molecule has 12 aromatic carbocycles. The van der Waals surface area contributed by atoms with Crippen LogP contribution in [0, 0.1) is 0 Å². The molecule has 0 amide bonds. The number of hydrogen-bond acceptors (Lipinski definition) is 4. The fraction of sp³-hybridized carbons (Fsp3) is 0.153. The van der Waals surface area contributed by atoms with Crippen molar-refractivity contribution in [3.8, 4) is 16.8 Å². The largest absolute Gasteiger partial charge is 0.455 e. The SMILES string of the molecule is CC(C)(C)c1ccc(C2(c3ccc(-n4c5ccc(C(C)(C)C)cc5c5cc(C(C)(C)C)ccc54)cc3)c3cc(N(c4ccccc4)c4ccccc4)c4c(oc5ccccc54)c3-c3c2cc(N(c2ccccc2)c2ccccc2)c2oc4ccccc4c32)cc1. The van der Waals surface area contributed by atoms with Gasteiger partial charge in [0.1, 0.15) is 16.7 Å². The van der Waals surface area contributed by atoms with Gasteiger partial charge in [0, 0.05) is 66.5 Å². The highest BCUT2D eigenvalue weighted by molar-refractivity contribution is 6.26. The third kappa shape index (κ3) is 8.50. The molecule has 0 saturated carbocycles. The van der Waals surface area contributed by atoms with Crippen LogP contribution in [0.5, 0.6) is 0 Å². The van der Waals surface area contributed by atoms with E-state index in [1.807, 2.05) is 0 Å². The van der Waals surface area contributed by atoms with Gasteiger partial charge in [0.15, 0.2) is 5.58 Å². The predicted molar refractivity (Wildman–Crippen MR) is 378 cm³/mol. The molecule has 90 heavy (non-hydrogen) atoms. The van der Waals surface area contributed by atoms with Crippen molar-refractivity contribution in [1.29, 1.82) is 0 Å². The van der Waals surface area contributed by atoms with E-state index in [9.17, 15) is 0 Å². The molecule has 0 N–H and O–H groups in total. The van der Waals surface area contributed by atoms with Crippen molar-refractivity contribution < 1.29 is 8.83 Å². The predicted octanol–water partition coefficient (Wildman–Crippen LogP) is 23.8. The first-order valence-corrected chi connectivity index (χ1v) is 31.6. The van der Waals surface area contributed by atoms with Crippen molar-refractivity contribution >= 4 is 99.8 Å². The first-order chi connectivity index (χ1) is 43.6. The maximum absolute atomic E-state index is 7.63. The first kappa shape index (κ1) is 55.0. The Balaban J connectivity index is 1.09. The molecule has 1 aliphatic rings. The normalized spacial score (nSPS) is 14.3. The number of fused-ring (bicyclic) bond motifs is 14. The van der Waals surface area contributed by atoms with Gasteiger partial charge in [0.25, 0.3) is 0 Å². The van der Waals surface area contributed by atoms with Crippen LogP contribution in [0.25, 0.3) is 82.5 Å². The zero-order valence-corrected chi connectivity index (χ0v) is 52.6. The van der Waals surface area contributed by atoms with Crippen molar-refractivity contribution in [2.24, 2.45) is 0 Å². The van der Waals surface area contributed by atoms with Crippen LogP contribution >= 0.6 is 0 Å². The number of para-hydroxylation sites is 6. The maximum Gasteiger partial charge on any atom is 0.160 e. The molecule has 1 atom stereocenters. The minimum Gasteiger partial charge on any atom is -0.455 e. The summed E-state index contributed by atoms with van der Waals surface area (Å²) < 4.78 is 17.5. The van der Waals surface area contributed by atoms with Crippen LogP contribution in [0.3, 0.4) is 0 Å². The second kappa shape index (κ2) is 20.3. The second-order valence-corrected chi connectivity index (χ2v) is 27.7. The zero-order valence-electron chi connectivity index (χ0n) is 52.6. The molecular formula is C85H71N3O2. The first-order valence-electron chi connectivity index (χ1n) is 31.6. The summed E-state index contributed by atoms with van der Waals surface area (Å²) in [5.74, 6) is 0. The van der Waals surface area contributed by atoms with Gasteiger partial charge in [-0.15, -0.1) is 0 Å². The van der Waals surface area contributed by atoms with Gasteiger partial charge in [-0.05, 0) is 164 Å². The molecule has 16 rings (SSSR count). The van der Waals surface area contributed by atoms with Crippen LogP contribution in [0.1, 0.15) is 101 Å². The highest BCUT2D eigenvalue weighted by Gasteiger charge is 2.51. The van der Waals surface area contributed by atoms with Crippen molar-refractivity contribution in [3.05, 3.63) is 306 Å². The molecule has 0 saturated heterocycles. The molecular weight excluding hydrogens is 1090 g/mol. The summed E-state index contributed by atoms with van der Waals surface area (Å²) in [6.45, 7) is 20.8. The number of rotatable bonds is 9. The Hall–Kier alpha value is -10.4. The van der Waals surface area contributed by atoms with Crippen molar-refractivity contribution in [1.82, 2.24) is 4.57 Å². The molecule has 1 aliphatic carbocycles. The van der Waals surface area contributed by atoms with Crippen LogP contribution < -0.4 is 9.80 Å². The summed E-state index contributed by atoms with van der Waals surface area (Å²) in [5, 5.41) is 6.67. The lowest BCUT2D eigenvalue weighted by atomic mass is 9.67. The third-order valence-electron chi connectivity index (χ3n) is 19.1. The monoisotopic (exact) mass is 1170 g/mol. The summed E-state index contributed by atoms with van der Waals surface area (Å²) >= 11 is 0. The number of hydrogen-bond donors (Lipinski definition) is 0. The van der Waals surface area contributed by atoms with Gasteiger partial charge in [0.2, 0.25) is 0 Å². The molecule has 1 unspecified atom stereocenters. The summed E-state index contributed by atoms with van der Waals surface area (Å²) in [4.78, 5) is 4.82. The summed E-state index contributed by atoms with van der Waals surface area (Å²) in [7, 11) is 0.